The van der Waals surface area contributed by atoms with Gasteiger partial charge in [0.05, 0.1) is 10.6 Å². The van der Waals surface area contributed by atoms with E-state index < -0.39 is 11.6 Å². The molecule has 0 unspecified atom stereocenters. The van der Waals surface area contributed by atoms with Crippen molar-refractivity contribution >= 4 is 17.4 Å². The number of nitrogens with two attached hydrogens (primary N) is 1. The maximum absolute atomic E-state index is 14.7. The second-order valence-electron chi connectivity index (χ2n) is 5.26. The van der Waals surface area contributed by atoms with Crippen molar-refractivity contribution in [3.63, 3.8) is 0 Å². The molecule has 1 aromatic heterocycles. The lowest BCUT2D eigenvalue weighted by Gasteiger charge is -2.15. The van der Waals surface area contributed by atoms with Crippen LogP contribution >= 0.6 is 11.6 Å². The van der Waals surface area contributed by atoms with Crippen molar-refractivity contribution in [3.05, 3.63) is 64.2 Å². The van der Waals surface area contributed by atoms with Gasteiger partial charge in [-0.2, -0.15) is 0 Å². The molecule has 1 aliphatic rings. The molecule has 0 bridgehead atoms. The Morgan fingerprint density at radius 1 is 1.38 bits per heavy atom. The molecule has 1 heterocycles. The molecule has 1 atom stereocenters. The average Bonchev–Trinajstić information content (AvgIpc) is 3.32. The summed E-state index contributed by atoms with van der Waals surface area (Å²) < 4.78 is 14.7. The standard InChI is InChI=1S/C16H14ClFN2O/c17-12-6-5-11(15(19)9-3-4-9)14(18)13(12)16(21)10-2-1-7-20-8-10/h1-2,5-9,15H,3-4,19H2/t15-/m1/s1. The molecule has 0 radical (unpaired) electrons. The van der Waals surface area contributed by atoms with Crippen molar-refractivity contribution in [2.45, 2.75) is 18.9 Å². The van der Waals surface area contributed by atoms with Crippen molar-refractivity contribution in [2.75, 3.05) is 0 Å². The lowest BCUT2D eigenvalue weighted by Crippen LogP contribution is -2.17. The van der Waals surface area contributed by atoms with Crippen LogP contribution in [0.25, 0.3) is 0 Å². The Balaban J connectivity index is 2.05. The molecule has 2 aromatic rings. The summed E-state index contributed by atoms with van der Waals surface area (Å²) in [5, 5.41) is 0.0908. The SMILES string of the molecule is N[C@@H](c1ccc(Cl)c(C(=O)c2cccnc2)c1F)C1CC1. The van der Waals surface area contributed by atoms with Crippen LogP contribution in [0.4, 0.5) is 4.39 Å². The van der Waals surface area contributed by atoms with Crippen molar-refractivity contribution in [1.29, 1.82) is 0 Å². The Kier molecular flexibility index (Phi) is 3.74. The molecular weight excluding hydrogens is 291 g/mol. The van der Waals surface area contributed by atoms with Crippen LogP contribution in [0, 0.1) is 11.7 Å². The molecule has 108 valence electrons. The van der Waals surface area contributed by atoms with Gasteiger partial charge in [0.2, 0.25) is 0 Å². The number of pyridine rings is 1. The largest absolute Gasteiger partial charge is 0.324 e. The summed E-state index contributed by atoms with van der Waals surface area (Å²) >= 11 is 6.02. The number of hydrogen-bond donors (Lipinski definition) is 1. The van der Waals surface area contributed by atoms with Gasteiger partial charge in [0, 0.05) is 29.6 Å². The third-order valence-corrected chi connectivity index (χ3v) is 4.08. The lowest BCUT2D eigenvalue weighted by atomic mass is 9.96. The van der Waals surface area contributed by atoms with Crippen LogP contribution in [-0.4, -0.2) is 10.8 Å². The minimum Gasteiger partial charge on any atom is -0.324 e. The zero-order valence-electron chi connectivity index (χ0n) is 11.2. The first-order valence-electron chi connectivity index (χ1n) is 6.78. The summed E-state index contributed by atoms with van der Waals surface area (Å²) in [4.78, 5) is 16.3. The predicted molar refractivity (Wildman–Crippen MR) is 78.7 cm³/mol. The molecule has 2 N–H and O–H groups in total. The van der Waals surface area contributed by atoms with Crippen LogP contribution in [-0.2, 0) is 0 Å². The van der Waals surface area contributed by atoms with Crippen molar-refractivity contribution in [2.24, 2.45) is 11.7 Å². The van der Waals surface area contributed by atoms with Gasteiger partial charge < -0.3 is 5.73 Å². The smallest absolute Gasteiger partial charge is 0.199 e. The second-order valence-corrected chi connectivity index (χ2v) is 5.67. The first-order valence-corrected chi connectivity index (χ1v) is 7.15. The van der Waals surface area contributed by atoms with Gasteiger partial charge in [-0.25, -0.2) is 4.39 Å². The highest BCUT2D eigenvalue weighted by molar-refractivity contribution is 6.35. The Morgan fingerprint density at radius 2 is 2.14 bits per heavy atom. The number of benzene rings is 1. The van der Waals surface area contributed by atoms with Gasteiger partial charge in [0.25, 0.3) is 0 Å². The molecule has 0 amide bonds. The zero-order valence-corrected chi connectivity index (χ0v) is 12.0. The van der Waals surface area contributed by atoms with E-state index in [0.29, 0.717) is 17.0 Å². The molecular formula is C16H14ClFN2O. The fraction of sp³-hybridized carbons (Fsp3) is 0.250. The van der Waals surface area contributed by atoms with Crippen molar-refractivity contribution < 1.29 is 9.18 Å². The minimum atomic E-state index is -0.615. The lowest BCUT2D eigenvalue weighted by molar-refractivity contribution is 0.103. The van der Waals surface area contributed by atoms with E-state index in [1.165, 1.54) is 12.3 Å². The van der Waals surface area contributed by atoms with E-state index in [1.54, 1.807) is 24.4 Å². The molecule has 0 aliphatic heterocycles. The predicted octanol–water partition coefficient (Wildman–Crippen LogP) is 3.51. The van der Waals surface area contributed by atoms with Gasteiger partial charge >= 0.3 is 0 Å². The van der Waals surface area contributed by atoms with E-state index in [9.17, 15) is 9.18 Å². The number of ketones is 1. The Labute approximate surface area is 126 Å². The van der Waals surface area contributed by atoms with Crippen LogP contribution in [0.5, 0.6) is 0 Å². The number of carbonyl (C=O) groups is 1. The second kappa shape index (κ2) is 5.54. The molecule has 3 rings (SSSR count). The third kappa shape index (κ3) is 2.69. The summed E-state index contributed by atoms with van der Waals surface area (Å²) in [6.45, 7) is 0. The van der Waals surface area contributed by atoms with Gasteiger partial charge in [0.15, 0.2) is 5.78 Å². The molecule has 21 heavy (non-hydrogen) atoms. The Bertz CT molecular complexity index is 686. The third-order valence-electron chi connectivity index (χ3n) is 3.76. The molecule has 5 heteroatoms. The van der Waals surface area contributed by atoms with E-state index in [4.69, 9.17) is 17.3 Å². The van der Waals surface area contributed by atoms with E-state index in [0.717, 1.165) is 12.8 Å². The van der Waals surface area contributed by atoms with Gasteiger partial charge in [-0.05, 0) is 37.0 Å². The maximum atomic E-state index is 14.7. The quantitative estimate of drug-likeness (QED) is 0.879. The Morgan fingerprint density at radius 3 is 2.76 bits per heavy atom. The van der Waals surface area contributed by atoms with E-state index >= 15 is 0 Å². The summed E-state index contributed by atoms with van der Waals surface area (Å²) in [7, 11) is 0. The number of hydrogen-bond acceptors (Lipinski definition) is 3. The number of carbonyl (C=O) groups excluding carboxylic acids is 1. The molecule has 1 saturated carbocycles. The highest BCUT2D eigenvalue weighted by atomic mass is 35.5. The minimum absolute atomic E-state index is 0.0908. The van der Waals surface area contributed by atoms with Gasteiger partial charge in [-0.3, -0.25) is 9.78 Å². The normalized spacial score (nSPS) is 15.8. The highest BCUT2D eigenvalue weighted by Gasteiger charge is 2.33. The highest BCUT2D eigenvalue weighted by Crippen LogP contribution is 2.41. The molecule has 0 spiro atoms. The summed E-state index contributed by atoms with van der Waals surface area (Å²) in [5.74, 6) is -0.798. The van der Waals surface area contributed by atoms with E-state index in [2.05, 4.69) is 4.98 Å². The van der Waals surface area contributed by atoms with Gasteiger partial charge in [-0.1, -0.05) is 17.7 Å². The summed E-state index contributed by atoms with van der Waals surface area (Å²) in [6.07, 6.45) is 4.93. The van der Waals surface area contributed by atoms with E-state index in [-0.39, 0.29) is 16.6 Å². The fourth-order valence-electron chi connectivity index (χ4n) is 2.38. The number of aromatic nitrogens is 1. The van der Waals surface area contributed by atoms with Crippen molar-refractivity contribution in [3.8, 4) is 0 Å². The molecule has 1 aromatic carbocycles. The van der Waals surface area contributed by atoms with Gasteiger partial charge in [0.1, 0.15) is 5.82 Å². The summed E-state index contributed by atoms with van der Waals surface area (Å²) in [6, 6.07) is 5.92. The number of halogens is 2. The molecule has 3 nitrogen and oxygen atoms in total. The zero-order chi connectivity index (χ0) is 15.0. The first kappa shape index (κ1) is 14.2. The molecule has 1 fully saturated rings. The first-order chi connectivity index (χ1) is 10.1. The fourth-order valence-corrected chi connectivity index (χ4v) is 2.62. The van der Waals surface area contributed by atoms with Crippen LogP contribution in [0.15, 0.2) is 36.7 Å². The number of nitrogens with zero attached hydrogens (tertiary/aromatic N) is 1. The van der Waals surface area contributed by atoms with Crippen LogP contribution in [0.3, 0.4) is 0 Å². The van der Waals surface area contributed by atoms with Crippen LogP contribution in [0.2, 0.25) is 5.02 Å². The van der Waals surface area contributed by atoms with E-state index in [1.807, 2.05) is 0 Å². The van der Waals surface area contributed by atoms with Crippen molar-refractivity contribution in [1.82, 2.24) is 4.98 Å². The summed E-state index contributed by atoms with van der Waals surface area (Å²) in [5.41, 5.74) is 6.58. The van der Waals surface area contributed by atoms with Gasteiger partial charge in [-0.15, -0.1) is 0 Å². The Hall–Kier alpha value is -1.78. The maximum Gasteiger partial charge on any atom is 0.199 e. The van der Waals surface area contributed by atoms with Crippen LogP contribution in [0.1, 0.15) is 40.4 Å². The number of rotatable bonds is 4. The average molecular weight is 305 g/mol. The molecule has 1 aliphatic carbocycles. The molecule has 0 saturated heterocycles. The monoisotopic (exact) mass is 304 g/mol. The topological polar surface area (TPSA) is 56.0 Å². The van der Waals surface area contributed by atoms with Crippen LogP contribution < -0.4 is 5.73 Å².